The Hall–Kier alpha value is -3.40. The second kappa shape index (κ2) is 8.74. The summed E-state index contributed by atoms with van der Waals surface area (Å²) in [6, 6.07) is 6.44. The summed E-state index contributed by atoms with van der Waals surface area (Å²) < 4.78 is 36.2. The van der Waals surface area contributed by atoms with Crippen molar-refractivity contribution in [2.75, 3.05) is 37.8 Å². The third kappa shape index (κ3) is 4.72. The van der Waals surface area contributed by atoms with E-state index in [-0.39, 0.29) is 16.8 Å². The molecule has 1 aliphatic heterocycles. The number of ether oxygens (including phenoxy) is 2. The zero-order valence-electron chi connectivity index (χ0n) is 15.1. The van der Waals surface area contributed by atoms with Gasteiger partial charge in [-0.3, -0.25) is 14.9 Å². The van der Waals surface area contributed by atoms with E-state index in [0.29, 0.717) is 38.1 Å². The van der Waals surface area contributed by atoms with Crippen LogP contribution in [0.25, 0.3) is 0 Å². The maximum absolute atomic E-state index is 13.2. The molecule has 8 nitrogen and oxygen atoms in total. The number of benzene rings is 2. The SMILES string of the molecule is O=C(COC(=O)c1ccc(N2CCOCC2)c([N+](=O)[O-])c1)c1ccc(F)c(F)c1. The van der Waals surface area contributed by atoms with Crippen molar-refractivity contribution < 1.29 is 32.8 Å². The summed E-state index contributed by atoms with van der Waals surface area (Å²) in [7, 11) is 0. The van der Waals surface area contributed by atoms with Gasteiger partial charge in [0, 0.05) is 24.7 Å². The Labute approximate surface area is 163 Å². The number of nitro benzene ring substituents is 1. The van der Waals surface area contributed by atoms with E-state index in [4.69, 9.17) is 9.47 Å². The van der Waals surface area contributed by atoms with E-state index >= 15 is 0 Å². The number of carbonyl (C=O) groups excluding carboxylic acids is 2. The Bertz CT molecular complexity index is 960. The van der Waals surface area contributed by atoms with Gasteiger partial charge < -0.3 is 14.4 Å². The summed E-state index contributed by atoms with van der Waals surface area (Å²) >= 11 is 0. The van der Waals surface area contributed by atoms with Crippen molar-refractivity contribution >= 4 is 23.1 Å². The number of hydrogen-bond acceptors (Lipinski definition) is 7. The zero-order chi connectivity index (χ0) is 21.0. The Morgan fingerprint density at radius 1 is 1.07 bits per heavy atom. The number of nitro groups is 1. The maximum Gasteiger partial charge on any atom is 0.338 e. The minimum absolute atomic E-state index is 0.105. The number of carbonyl (C=O) groups is 2. The van der Waals surface area contributed by atoms with Crippen molar-refractivity contribution in [2.45, 2.75) is 0 Å². The predicted molar refractivity (Wildman–Crippen MR) is 97.1 cm³/mol. The third-order valence-electron chi connectivity index (χ3n) is 4.34. The van der Waals surface area contributed by atoms with Gasteiger partial charge >= 0.3 is 5.97 Å². The van der Waals surface area contributed by atoms with Crippen LogP contribution in [0.5, 0.6) is 0 Å². The van der Waals surface area contributed by atoms with Gasteiger partial charge in [0.2, 0.25) is 0 Å². The van der Waals surface area contributed by atoms with Crippen molar-refractivity contribution in [2.24, 2.45) is 0 Å². The van der Waals surface area contributed by atoms with Gasteiger partial charge in [0.05, 0.1) is 23.7 Å². The fourth-order valence-corrected chi connectivity index (χ4v) is 2.84. The lowest BCUT2D eigenvalue weighted by Crippen LogP contribution is -2.36. The average molecular weight is 406 g/mol. The van der Waals surface area contributed by atoms with Gasteiger partial charge in [-0.15, -0.1) is 0 Å². The molecule has 152 valence electrons. The van der Waals surface area contributed by atoms with Crippen LogP contribution in [0, 0.1) is 21.7 Å². The number of morpholine rings is 1. The molecule has 3 rings (SSSR count). The molecule has 0 aromatic heterocycles. The number of hydrogen-bond donors (Lipinski definition) is 0. The molecule has 0 radical (unpaired) electrons. The van der Waals surface area contributed by atoms with Crippen molar-refractivity contribution in [3.8, 4) is 0 Å². The Morgan fingerprint density at radius 3 is 2.41 bits per heavy atom. The molecule has 0 bridgehead atoms. The lowest BCUT2D eigenvalue weighted by Gasteiger charge is -2.28. The first-order valence-corrected chi connectivity index (χ1v) is 8.63. The van der Waals surface area contributed by atoms with E-state index in [2.05, 4.69) is 0 Å². The molecule has 1 fully saturated rings. The topological polar surface area (TPSA) is 99.0 Å². The minimum atomic E-state index is -1.20. The number of ketones is 1. The third-order valence-corrected chi connectivity index (χ3v) is 4.34. The number of rotatable bonds is 6. The molecule has 0 N–H and O–H groups in total. The lowest BCUT2D eigenvalue weighted by atomic mass is 10.1. The highest BCUT2D eigenvalue weighted by atomic mass is 19.2. The maximum atomic E-state index is 13.2. The number of anilines is 1. The molecule has 0 spiro atoms. The molecule has 0 aliphatic carbocycles. The molecule has 2 aromatic carbocycles. The van der Waals surface area contributed by atoms with Crippen LogP contribution in [0.2, 0.25) is 0 Å². The summed E-state index contributed by atoms with van der Waals surface area (Å²) in [5.74, 6) is -3.99. The van der Waals surface area contributed by atoms with Gasteiger partial charge in [-0.05, 0) is 30.3 Å². The summed E-state index contributed by atoms with van der Waals surface area (Å²) in [6.07, 6.45) is 0. The number of esters is 1. The van der Waals surface area contributed by atoms with Gasteiger partial charge in [-0.1, -0.05) is 0 Å². The van der Waals surface area contributed by atoms with Gasteiger partial charge in [0.15, 0.2) is 24.0 Å². The number of nitrogens with zero attached hydrogens (tertiary/aromatic N) is 2. The minimum Gasteiger partial charge on any atom is -0.454 e. The monoisotopic (exact) mass is 406 g/mol. The quantitative estimate of drug-likeness (QED) is 0.315. The highest BCUT2D eigenvalue weighted by Crippen LogP contribution is 2.30. The van der Waals surface area contributed by atoms with Crippen LogP contribution in [0.4, 0.5) is 20.2 Å². The van der Waals surface area contributed by atoms with Crippen LogP contribution in [0.1, 0.15) is 20.7 Å². The lowest BCUT2D eigenvalue weighted by molar-refractivity contribution is -0.384. The first-order chi connectivity index (χ1) is 13.9. The first-order valence-electron chi connectivity index (χ1n) is 8.63. The molecular formula is C19H16F2N2O6. The molecule has 1 heterocycles. The van der Waals surface area contributed by atoms with Crippen molar-refractivity contribution in [1.29, 1.82) is 0 Å². The van der Waals surface area contributed by atoms with E-state index in [1.54, 1.807) is 4.90 Å². The molecule has 0 atom stereocenters. The molecule has 1 aliphatic rings. The predicted octanol–water partition coefficient (Wildman–Crippen LogP) is 2.75. The number of Topliss-reactive ketones (excluding diaryl/α,β-unsaturated/α-hetero) is 1. The van der Waals surface area contributed by atoms with E-state index in [1.165, 1.54) is 12.1 Å². The molecule has 0 saturated carbocycles. The molecule has 0 unspecified atom stereocenters. The smallest absolute Gasteiger partial charge is 0.338 e. The Morgan fingerprint density at radius 2 is 1.76 bits per heavy atom. The molecule has 2 aromatic rings. The highest BCUT2D eigenvalue weighted by molar-refractivity contribution is 5.99. The van der Waals surface area contributed by atoms with Crippen LogP contribution >= 0.6 is 0 Å². The van der Waals surface area contributed by atoms with Gasteiger partial charge in [0.1, 0.15) is 5.69 Å². The van der Waals surface area contributed by atoms with E-state index in [1.807, 2.05) is 0 Å². The van der Waals surface area contributed by atoms with Crippen molar-refractivity contribution in [3.63, 3.8) is 0 Å². The summed E-state index contributed by atoms with van der Waals surface area (Å²) in [6.45, 7) is 1.11. The first kappa shape index (κ1) is 20.3. The van der Waals surface area contributed by atoms with Crippen LogP contribution in [-0.2, 0) is 9.47 Å². The normalized spacial score (nSPS) is 13.8. The van der Waals surface area contributed by atoms with Gasteiger partial charge in [-0.25, -0.2) is 13.6 Å². The van der Waals surface area contributed by atoms with Crippen molar-refractivity contribution in [3.05, 3.63) is 69.3 Å². The van der Waals surface area contributed by atoms with Crippen LogP contribution in [0.15, 0.2) is 36.4 Å². The van der Waals surface area contributed by atoms with Crippen LogP contribution in [0.3, 0.4) is 0 Å². The Kier molecular flexibility index (Phi) is 6.13. The molecule has 10 heteroatoms. The van der Waals surface area contributed by atoms with E-state index in [9.17, 15) is 28.5 Å². The number of halogens is 2. The molecule has 29 heavy (non-hydrogen) atoms. The highest BCUT2D eigenvalue weighted by Gasteiger charge is 2.24. The standard InChI is InChI=1S/C19H16F2N2O6/c20-14-3-1-12(9-15(14)21)18(24)11-29-19(25)13-2-4-16(17(10-13)23(26)27)22-5-7-28-8-6-22/h1-4,9-10H,5-8,11H2. The molecular weight excluding hydrogens is 390 g/mol. The van der Waals surface area contributed by atoms with Crippen LogP contribution in [-0.4, -0.2) is 49.6 Å². The summed E-state index contributed by atoms with van der Waals surface area (Å²) in [5.41, 5.74) is -0.182. The second-order valence-corrected chi connectivity index (χ2v) is 6.19. The fourth-order valence-electron chi connectivity index (χ4n) is 2.84. The second-order valence-electron chi connectivity index (χ2n) is 6.19. The van der Waals surface area contributed by atoms with E-state index < -0.39 is 34.9 Å². The fraction of sp³-hybridized carbons (Fsp3) is 0.263. The van der Waals surface area contributed by atoms with E-state index in [0.717, 1.165) is 18.2 Å². The summed E-state index contributed by atoms with van der Waals surface area (Å²) in [4.78, 5) is 36.8. The van der Waals surface area contributed by atoms with Crippen molar-refractivity contribution in [1.82, 2.24) is 0 Å². The molecule has 1 saturated heterocycles. The van der Waals surface area contributed by atoms with Gasteiger partial charge in [0.25, 0.3) is 5.69 Å². The average Bonchev–Trinajstić information content (AvgIpc) is 2.73. The largest absolute Gasteiger partial charge is 0.454 e. The zero-order valence-corrected chi connectivity index (χ0v) is 15.1. The molecule has 0 amide bonds. The van der Waals surface area contributed by atoms with Crippen LogP contribution < -0.4 is 4.90 Å². The van der Waals surface area contributed by atoms with Gasteiger partial charge in [-0.2, -0.15) is 0 Å². The Balaban J connectivity index is 1.71. The summed E-state index contributed by atoms with van der Waals surface area (Å²) in [5, 5.41) is 11.4.